The maximum absolute atomic E-state index is 13.8. The van der Waals surface area contributed by atoms with Crippen molar-refractivity contribution in [2.75, 3.05) is 11.1 Å². The summed E-state index contributed by atoms with van der Waals surface area (Å²) < 4.78 is 41.4. The second kappa shape index (κ2) is 9.48. The van der Waals surface area contributed by atoms with Crippen LogP contribution in [0.15, 0.2) is 55.0 Å². The molecule has 1 saturated carbocycles. The number of rotatable bonds is 5. The molecule has 0 aliphatic heterocycles. The number of amides is 1. The number of hydrogen-bond acceptors (Lipinski definition) is 6. The molecular weight excluding hydrogens is 471 g/mol. The molecule has 4 aromatic rings. The molecule has 3 heterocycles. The predicted octanol–water partition coefficient (Wildman–Crippen LogP) is 4.77. The van der Waals surface area contributed by atoms with Crippen molar-refractivity contribution in [2.45, 2.75) is 43.9 Å². The zero-order valence-electron chi connectivity index (χ0n) is 19.1. The Hall–Kier alpha value is -4.15. The van der Waals surface area contributed by atoms with Gasteiger partial charge in [-0.25, -0.2) is 15.0 Å². The summed E-state index contributed by atoms with van der Waals surface area (Å²) in [7, 11) is 0. The lowest BCUT2D eigenvalue weighted by atomic mass is 9.91. The van der Waals surface area contributed by atoms with Crippen molar-refractivity contribution >= 4 is 28.4 Å². The summed E-state index contributed by atoms with van der Waals surface area (Å²) >= 11 is 0. The number of pyridine rings is 1. The second-order valence-electron chi connectivity index (χ2n) is 8.86. The van der Waals surface area contributed by atoms with Crippen LogP contribution in [0.25, 0.3) is 22.2 Å². The number of benzene rings is 1. The maximum atomic E-state index is 13.8. The molecule has 0 radical (unpaired) electrons. The number of aromatic amines is 1. The van der Waals surface area contributed by atoms with E-state index in [1.54, 1.807) is 30.3 Å². The van der Waals surface area contributed by atoms with Gasteiger partial charge in [-0.3, -0.25) is 4.79 Å². The summed E-state index contributed by atoms with van der Waals surface area (Å²) in [4.78, 5) is 27.9. The third-order valence-corrected chi connectivity index (χ3v) is 6.30. The number of nitrogen functional groups attached to an aromatic ring is 1. The van der Waals surface area contributed by atoms with Crippen LogP contribution in [-0.4, -0.2) is 37.9 Å². The van der Waals surface area contributed by atoms with E-state index in [0.717, 1.165) is 31.0 Å². The Morgan fingerprint density at radius 1 is 1.06 bits per heavy atom. The molecule has 36 heavy (non-hydrogen) atoms. The summed E-state index contributed by atoms with van der Waals surface area (Å²) in [6.45, 7) is 0. The van der Waals surface area contributed by atoms with Gasteiger partial charge in [0.1, 0.15) is 11.3 Å². The predicted molar refractivity (Wildman–Crippen MR) is 130 cm³/mol. The lowest BCUT2D eigenvalue weighted by molar-refractivity contribution is -0.137. The van der Waals surface area contributed by atoms with Crippen molar-refractivity contribution in [1.29, 1.82) is 0 Å². The van der Waals surface area contributed by atoms with Gasteiger partial charge in [-0.1, -0.05) is 18.2 Å². The first-order valence-electron chi connectivity index (χ1n) is 11.6. The smallest absolute Gasteiger partial charge is 0.397 e. The van der Waals surface area contributed by atoms with Gasteiger partial charge in [0.2, 0.25) is 5.95 Å². The molecule has 1 aromatic carbocycles. The first-order valence-corrected chi connectivity index (χ1v) is 11.6. The van der Waals surface area contributed by atoms with Crippen LogP contribution in [0.2, 0.25) is 0 Å². The number of H-pyrrole nitrogens is 1. The van der Waals surface area contributed by atoms with E-state index in [-0.39, 0.29) is 35.3 Å². The third-order valence-electron chi connectivity index (χ3n) is 6.30. The van der Waals surface area contributed by atoms with Crippen molar-refractivity contribution in [2.24, 2.45) is 0 Å². The topological polar surface area (TPSA) is 122 Å². The van der Waals surface area contributed by atoms with Crippen LogP contribution in [0.5, 0.6) is 0 Å². The van der Waals surface area contributed by atoms with Crippen molar-refractivity contribution in [3.8, 4) is 11.3 Å². The molecule has 8 nitrogen and oxygen atoms in total. The van der Waals surface area contributed by atoms with Gasteiger partial charge in [-0.15, -0.1) is 0 Å². The highest BCUT2D eigenvalue weighted by molar-refractivity contribution is 5.95. The lowest BCUT2D eigenvalue weighted by Gasteiger charge is -2.30. The Morgan fingerprint density at radius 2 is 1.86 bits per heavy atom. The summed E-state index contributed by atoms with van der Waals surface area (Å²) in [5.74, 6) is -0.187. The monoisotopic (exact) mass is 495 g/mol. The number of nitrogens with one attached hydrogen (secondary N) is 3. The Kier molecular flexibility index (Phi) is 6.21. The number of para-hydroxylation sites is 1. The Bertz CT molecular complexity index is 1380. The van der Waals surface area contributed by atoms with Crippen molar-refractivity contribution in [1.82, 2.24) is 25.3 Å². The minimum Gasteiger partial charge on any atom is -0.397 e. The number of carbonyl (C=O) groups is 1. The van der Waals surface area contributed by atoms with E-state index in [1.165, 1.54) is 12.4 Å². The molecule has 2 atom stereocenters. The molecule has 0 spiro atoms. The molecular formula is C25H24F3N7O. The molecule has 186 valence electrons. The Morgan fingerprint density at radius 3 is 2.64 bits per heavy atom. The number of alkyl halides is 3. The van der Waals surface area contributed by atoms with E-state index in [9.17, 15) is 18.0 Å². The molecule has 1 fully saturated rings. The van der Waals surface area contributed by atoms with Gasteiger partial charge in [-0.2, -0.15) is 13.2 Å². The number of carbonyl (C=O) groups excluding carboxylic acids is 1. The first kappa shape index (κ1) is 23.6. The number of nitrogens with zero attached hydrogens (tertiary/aromatic N) is 3. The van der Waals surface area contributed by atoms with Crippen molar-refractivity contribution in [3.63, 3.8) is 0 Å². The quantitative estimate of drug-likeness (QED) is 0.316. The summed E-state index contributed by atoms with van der Waals surface area (Å²) in [5.41, 5.74) is 6.35. The summed E-state index contributed by atoms with van der Waals surface area (Å²) in [6, 6.07) is 10.1. The van der Waals surface area contributed by atoms with Crippen LogP contribution < -0.4 is 16.4 Å². The van der Waals surface area contributed by atoms with Crippen molar-refractivity contribution in [3.05, 3.63) is 66.2 Å². The fraction of sp³-hybridized carbons (Fsp3) is 0.280. The van der Waals surface area contributed by atoms with E-state index >= 15 is 0 Å². The van der Waals surface area contributed by atoms with E-state index in [0.29, 0.717) is 23.1 Å². The van der Waals surface area contributed by atoms with E-state index < -0.39 is 11.7 Å². The average Bonchev–Trinajstić information content (AvgIpc) is 3.28. The van der Waals surface area contributed by atoms with Crippen LogP contribution in [0.3, 0.4) is 0 Å². The van der Waals surface area contributed by atoms with Gasteiger partial charge in [0, 0.05) is 40.9 Å². The van der Waals surface area contributed by atoms with E-state index in [4.69, 9.17) is 5.73 Å². The van der Waals surface area contributed by atoms with E-state index in [2.05, 4.69) is 30.6 Å². The maximum Gasteiger partial charge on any atom is 0.419 e. The van der Waals surface area contributed by atoms with Crippen molar-refractivity contribution < 1.29 is 18.0 Å². The zero-order chi connectivity index (χ0) is 25.3. The highest BCUT2D eigenvalue weighted by atomic mass is 19.4. The molecule has 2 unspecified atom stereocenters. The molecule has 0 saturated heterocycles. The van der Waals surface area contributed by atoms with Crippen LogP contribution >= 0.6 is 0 Å². The molecule has 1 aliphatic carbocycles. The first-order chi connectivity index (χ1) is 17.3. The standard InChI is InChI=1S/C25H24F3N7O/c26-25(27,28)19-13-32-24(35-22(19)18-12-31-20-7-2-1-6-17(18)20)34-16-5-3-4-15(10-16)33-23(36)21-9-8-14(29)11-30-21/h1-2,6-9,11-13,15-16,31H,3-5,10,29H2,(H,33,36)(H,32,34,35). The number of fused-ring (bicyclic) bond motifs is 1. The van der Waals surface area contributed by atoms with Crippen LogP contribution in [0, 0.1) is 0 Å². The SMILES string of the molecule is Nc1ccc(C(=O)NC2CCCC(Nc3ncc(C(F)(F)F)c(-c4c[nH]c5ccccc45)n3)C2)nc1. The molecule has 5 rings (SSSR count). The van der Waals surface area contributed by atoms with Gasteiger partial charge in [0.15, 0.2) is 0 Å². The van der Waals surface area contributed by atoms with Gasteiger partial charge >= 0.3 is 6.18 Å². The highest BCUT2D eigenvalue weighted by Crippen LogP contribution is 2.38. The largest absolute Gasteiger partial charge is 0.419 e. The molecule has 11 heteroatoms. The average molecular weight is 496 g/mol. The second-order valence-corrected chi connectivity index (χ2v) is 8.86. The fourth-order valence-corrected chi connectivity index (χ4v) is 4.57. The normalized spacial score (nSPS) is 18.2. The Labute approximate surface area is 204 Å². The lowest BCUT2D eigenvalue weighted by Crippen LogP contribution is -2.42. The van der Waals surface area contributed by atoms with Gasteiger partial charge in [0.05, 0.1) is 17.6 Å². The van der Waals surface area contributed by atoms with Gasteiger partial charge in [-0.05, 0) is 43.9 Å². The number of hydrogen-bond donors (Lipinski definition) is 4. The third kappa shape index (κ3) is 4.95. The number of halogens is 3. The number of nitrogens with two attached hydrogens (primary N) is 1. The van der Waals surface area contributed by atoms with Crippen LogP contribution in [0.4, 0.5) is 24.8 Å². The summed E-state index contributed by atoms with van der Waals surface area (Å²) in [5, 5.41) is 6.80. The molecule has 1 aliphatic rings. The molecule has 1 amide bonds. The summed E-state index contributed by atoms with van der Waals surface area (Å²) in [6.07, 6.45) is 2.13. The minimum atomic E-state index is -4.61. The Balaban J connectivity index is 1.35. The molecule has 3 aromatic heterocycles. The zero-order valence-corrected chi connectivity index (χ0v) is 19.1. The number of anilines is 2. The van der Waals surface area contributed by atoms with Gasteiger partial charge in [0.25, 0.3) is 5.91 Å². The van der Waals surface area contributed by atoms with E-state index in [1.807, 2.05) is 6.07 Å². The van der Waals surface area contributed by atoms with Crippen LogP contribution in [-0.2, 0) is 6.18 Å². The molecule has 0 bridgehead atoms. The fourth-order valence-electron chi connectivity index (χ4n) is 4.57. The molecule has 5 N–H and O–H groups in total. The number of aromatic nitrogens is 4. The highest BCUT2D eigenvalue weighted by Gasteiger charge is 2.36. The van der Waals surface area contributed by atoms with Crippen LogP contribution in [0.1, 0.15) is 41.7 Å². The minimum absolute atomic E-state index is 0.112. The van der Waals surface area contributed by atoms with Gasteiger partial charge < -0.3 is 21.4 Å².